The lowest BCUT2D eigenvalue weighted by molar-refractivity contribution is -0.118. The molecule has 1 aliphatic rings. The van der Waals surface area contributed by atoms with Crippen molar-refractivity contribution >= 4 is 17.1 Å². The van der Waals surface area contributed by atoms with Crippen molar-refractivity contribution < 1.29 is 4.79 Å². The van der Waals surface area contributed by atoms with Crippen LogP contribution in [0.4, 0.5) is 0 Å². The third kappa shape index (κ3) is 6.06. The quantitative estimate of drug-likeness (QED) is 0.751. The van der Waals surface area contributed by atoms with Gasteiger partial charge in [0.1, 0.15) is 5.78 Å². The van der Waals surface area contributed by atoms with Gasteiger partial charge in [0.2, 0.25) is 0 Å². The second kappa shape index (κ2) is 8.51. The van der Waals surface area contributed by atoms with Gasteiger partial charge in [0.05, 0.1) is 0 Å². The molecule has 1 aliphatic carbocycles. The first-order chi connectivity index (χ1) is 7.83. The molecule has 0 N–H and O–H groups in total. The fraction of sp³-hybridized carbons (Fsp3) is 0.643. The summed E-state index contributed by atoms with van der Waals surface area (Å²) < 4.78 is 0. The van der Waals surface area contributed by atoms with Gasteiger partial charge in [-0.25, -0.2) is 0 Å². The van der Waals surface area contributed by atoms with Crippen molar-refractivity contribution in [3.05, 3.63) is 22.4 Å². The van der Waals surface area contributed by atoms with Crippen molar-refractivity contribution in [3.8, 4) is 0 Å². The van der Waals surface area contributed by atoms with Crippen LogP contribution in [0.15, 0.2) is 17.5 Å². The molecule has 1 fully saturated rings. The molecule has 0 amide bonds. The van der Waals surface area contributed by atoms with Gasteiger partial charge in [-0.05, 0) is 11.4 Å². The summed E-state index contributed by atoms with van der Waals surface area (Å²) in [4.78, 5) is 12.1. The van der Waals surface area contributed by atoms with Gasteiger partial charge in [-0.2, -0.15) is 0 Å². The van der Waals surface area contributed by atoms with E-state index >= 15 is 0 Å². The fourth-order valence-corrected chi connectivity index (χ4v) is 2.53. The van der Waals surface area contributed by atoms with E-state index in [-0.39, 0.29) is 0 Å². The van der Waals surface area contributed by atoms with Gasteiger partial charge in [-0.1, -0.05) is 51.5 Å². The SMILES string of the molecule is C1CCCCC1.CCC(=O)Cc1cccs1. The summed E-state index contributed by atoms with van der Waals surface area (Å²) in [7, 11) is 0. The molecule has 1 saturated carbocycles. The summed E-state index contributed by atoms with van der Waals surface area (Å²) in [5, 5.41) is 2.00. The van der Waals surface area contributed by atoms with E-state index < -0.39 is 0 Å². The van der Waals surface area contributed by atoms with Crippen molar-refractivity contribution in [2.45, 2.75) is 58.3 Å². The smallest absolute Gasteiger partial charge is 0.137 e. The largest absolute Gasteiger partial charge is 0.299 e. The Morgan fingerprint density at radius 2 is 1.75 bits per heavy atom. The standard InChI is InChI=1S/C8H10OS.C6H12/c1-2-7(9)6-8-4-3-5-10-8;1-2-4-6-5-3-1/h3-5H,2,6H2,1H3;1-6H2. The van der Waals surface area contributed by atoms with Gasteiger partial charge in [-0.3, -0.25) is 4.79 Å². The third-order valence-corrected chi connectivity index (χ3v) is 3.72. The van der Waals surface area contributed by atoms with Gasteiger partial charge in [0.15, 0.2) is 0 Å². The van der Waals surface area contributed by atoms with Crippen LogP contribution in [0.2, 0.25) is 0 Å². The molecule has 0 aliphatic heterocycles. The van der Waals surface area contributed by atoms with Crippen molar-refractivity contribution in [1.82, 2.24) is 0 Å². The van der Waals surface area contributed by atoms with Crippen LogP contribution in [0.1, 0.15) is 56.7 Å². The summed E-state index contributed by atoms with van der Waals surface area (Å²) >= 11 is 1.65. The van der Waals surface area contributed by atoms with Gasteiger partial charge >= 0.3 is 0 Å². The first-order valence-electron chi connectivity index (χ1n) is 6.37. The summed E-state index contributed by atoms with van der Waals surface area (Å²) in [6, 6.07) is 3.97. The molecule has 1 aromatic rings. The predicted molar refractivity (Wildman–Crippen MR) is 71.0 cm³/mol. The Labute approximate surface area is 103 Å². The van der Waals surface area contributed by atoms with Gasteiger partial charge < -0.3 is 0 Å². The lowest BCUT2D eigenvalue weighted by atomic mass is 10.0. The second-order valence-electron chi connectivity index (χ2n) is 4.27. The Bertz CT molecular complexity index is 261. The van der Waals surface area contributed by atoms with Crippen LogP contribution < -0.4 is 0 Å². The fourth-order valence-electron chi connectivity index (χ4n) is 1.79. The molecule has 0 radical (unpaired) electrons. The molecule has 0 spiro atoms. The van der Waals surface area contributed by atoms with Crippen LogP contribution in [0.25, 0.3) is 0 Å². The zero-order chi connectivity index (χ0) is 11.6. The molecule has 0 aromatic carbocycles. The highest BCUT2D eigenvalue weighted by Gasteiger charge is 1.99. The van der Waals surface area contributed by atoms with Gasteiger partial charge in [0, 0.05) is 17.7 Å². The first kappa shape index (κ1) is 13.4. The van der Waals surface area contributed by atoms with Crippen molar-refractivity contribution in [2.24, 2.45) is 0 Å². The Morgan fingerprint density at radius 3 is 2.12 bits per heavy atom. The van der Waals surface area contributed by atoms with E-state index in [2.05, 4.69) is 0 Å². The molecule has 0 bridgehead atoms. The van der Waals surface area contributed by atoms with Crippen LogP contribution in [-0.2, 0) is 11.2 Å². The van der Waals surface area contributed by atoms with Crippen LogP contribution in [-0.4, -0.2) is 5.78 Å². The zero-order valence-electron chi connectivity index (χ0n) is 10.2. The third-order valence-electron chi connectivity index (χ3n) is 2.85. The molecule has 1 heterocycles. The number of hydrogen-bond donors (Lipinski definition) is 0. The highest BCUT2D eigenvalue weighted by Crippen LogP contribution is 2.15. The Morgan fingerprint density at radius 1 is 1.19 bits per heavy atom. The Balaban J connectivity index is 0.000000181. The lowest BCUT2D eigenvalue weighted by Crippen LogP contribution is -1.97. The molecule has 0 saturated heterocycles. The van der Waals surface area contributed by atoms with E-state index in [9.17, 15) is 4.79 Å². The van der Waals surface area contributed by atoms with Gasteiger partial charge in [-0.15, -0.1) is 11.3 Å². The maximum atomic E-state index is 10.9. The molecular formula is C14H22OS. The number of carbonyl (C=O) groups is 1. The van der Waals surface area contributed by atoms with Crippen molar-refractivity contribution in [3.63, 3.8) is 0 Å². The molecule has 0 atom stereocenters. The Kier molecular flexibility index (Phi) is 7.15. The minimum atomic E-state index is 0.322. The molecule has 2 rings (SSSR count). The zero-order valence-corrected chi connectivity index (χ0v) is 11.0. The molecule has 1 nitrogen and oxygen atoms in total. The number of Topliss-reactive ketones (excluding diaryl/α,β-unsaturated/α-hetero) is 1. The average molecular weight is 238 g/mol. The second-order valence-corrected chi connectivity index (χ2v) is 5.30. The number of thiophene rings is 1. The van der Waals surface area contributed by atoms with Gasteiger partial charge in [0.25, 0.3) is 0 Å². The number of rotatable bonds is 3. The average Bonchev–Trinajstić information content (AvgIpc) is 2.85. The van der Waals surface area contributed by atoms with E-state index in [1.807, 2.05) is 24.4 Å². The highest BCUT2D eigenvalue weighted by molar-refractivity contribution is 7.10. The molecule has 0 unspecified atom stereocenters. The molecule has 90 valence electrons. The predicted octanol–water partition coefficient (Wildman–Crippen LogP) is 4.61. The topological polar surface area (TPSA) is 17.1 Å². The van der Waals surface area contributed by atoms with E-state index in [1.165, 1.54) is 43.4 Å². The maximum Gasteiger partial charge on any atom is 0.137 e. The molecule has 2 heteroatoms. The minimum Gasteiger partial charge on any atom is -0.299 e. The van der Waals surface area contributed by atoms with E-state index in [0.717, 1.165) is 0 Å². The normalized spacial score (nSPS) is 15.1. The lowest BCUT2D eigenvalue weighted by Gasteiger charge is -2.05. The molecule has 16 heavy (non-hydrogen) atoms. The molecule has 1 aromatic heterocycles. The van der Waals surface area contributed by atoms with Crippen LogP contribution in [0, 0.1) is 0 Å². The number of hydrogen-bond acceptors (Lipinski definition) is 2. The minimum absolute atomic E-state index is 0.322. The summed E-state index contributed by atoms with van der Waals surface area (Å²) in [5.41, 5.74) is 0. The number of carbonyl (C=O) groups excluding carboxylic acids is 1. The number of ketones is 1. The maximum absolute atomic E-state index is 10.9. The molecular weight excluding hydrogens is 216 g/mol. The summed E-state index contributed by atoms with van der Waals surface area (Å²) in [6.07, 6.45) is 10.3. The van der Waals surface area contributed by atoms with E-state index in [1.54, 1.807) is 11.3 Å². The first-order valence-corrected chi connectivity index (χ1v) is 7.25. The highest BCUT2D eigenvalue weighted by atomic mass is 32.1. The van der Waals surface area contributed by atoms with E-state index in [0.29, 0.717) is 18.6 Å². The van der Waals surface area contributed by atoms with Crippen molar-refractivity contribution in [1.29, 1.82) is 0 Å². The van der Waals surface area contributed by atoms with E-state index in [4.69, 9.17) is 0 Å². The van der Waals surface area contributed by atoms with Crippen LogP contribution in [0.5, 0.6) is 0 Å². The van der Waals surface area contributed by atoms with Crippen LogP contribution >= 0.6 is 11.3 Å². The summed E-state index contributed by atoms with van der Waals surface area (Å²) in [5.74, 6) is 0.322. The Hall–Kier alpha value is -0.630. The monoisotopic (exact) mass is 238 g/mol. The van der Waals surface area contributed by atoms with Crippen LogP contribution in [0.3, 0.4) is 0 Å². The summed E-state index contributed by atoms with van der Waals surface area (Å²) in [6.45, 7) is 1.90. The van der Waals surface area contributed by atoms with Crippen molar-refractivity contribution in [2.75, 3.05) is 0 Å².